The molecule has 182 valence electrons. The lowest BCUT2D eigenvalue weighted by atomic mass is 10.1. The molecule has 0 radical (unpaired) electrons. The van der Waals surface area contributed by atoms with Crippen LogP contribution in [0.1, 0.15) is 25.3 Å². The fourth-order valence-corrected chi connectivity index (χ4v) is 5.21. The lowest BCUT2D eigenvalue weighted by molar-refractivity contribution is 0.102. The number of halogens is 2. The van der Waals surface area contributed by atoms with Gasteiger partial charge in [0.15, 0.2) is 0 Å². The fourth-order valence-electron chi connectivity index (χ4n) is 3.21. The number of amides is 1. The number of sulfonamides is 1. The molecular formula is C22H28Cl2N2O6S. The minimum Gasteiger partial charge on any atom is -0.449 e. The SMILES string of the molecule is C[C@H](CCCOC(=O)N(C)CCO)N(c1cc(Cl)ccc1CO)S(=O)(=O)c1ccc(Cl)cc1. The highest BCUT2D eigenvalue weighted by molar-refractivity contribution is 7.92. The van der Waals surface area contributed by atoms with Crippen LogP contribution in [0.4, 0.5) is 10.5 Å². The quantitative estimate of drug-likeness (QED) is 0.436. The molecule has 0 aliphatic rings. The summed E-state index contributed by atoms with van der Waals surface area (Å²) in [6.45, 7) is 1.42. The Bertz CT molecular complexity index is 1030. The van der Waals surface area contributed by atoms with E-state index >= 15 is 0 Å². The van der Waals surface area contributed by atoms with Crippen molar-refractivity contribution in [3.05, 3.63) is 58.1 Å². The average Bonchev–Trinajstić information content (AvgIpc) is 2.77. The topological polar surface area (TPSA) is 107 Å². The molecule has 33 heavy (non-hydrogen) atoms. The maximum Gasteiger partial charge on any atom is 0.409 e. The highest BCUT2D eigenvalue weighted by atomic mass is 35.5. The third-order valence-corrected chi connectivity index (χ3v) is 7.39. The number of carbonyl (C=O) groups excluding carboxylic acids is 1. The predicted molar refractivity (Wildman–Crippen MR) is 128 cm³/mol. The Balaban J connectivity index is 2.29. The van der Waals surface area contributed by atoms with Crippen molar-refractivity contribution in [3.63, 3.8) is 0 Å². The van der Waals surface area contributed by atoms with Crippen LogP contribution in [0.2, 0.25) is 10.0 Å². The van der Waals surface area contributed by atoms with Gasteiger partial charge >= 0.3 is 6.09 Å². The summed E-state index contributed by atoms with van der Waals surface area (Å²) in [4.78, 5) is 13.2. The standard InChI is InChI=1S/C22H28Cl2N2O6S/c1-16(4-3-13-32-22(29)25(2)11-12-27)26(21-14-19(24)6-5-17(21)15-28)33(30,31)20-9-7-18(23)8-10-20/h5-10,14,16,27-28H,3-4,11-13,15H2,1-2H3/t16-/m1/s1. The summed E-state index contributed by atoms with van der Waals surface area (Å²) in [6.07, 6.45) is 0.183. The first kappa shape index (κ1) is 27.2. The molecule has 0 fully saturated rings. The van der Waals surface area contributed by atoms with E-state index in [2.05, 4.69) is 0 Å². The van der Waals surface area contributed by atoms with Crippen LogP contribution in [0.3, 0.4) is 0 Å². The van der Waals surface area contributed by atoms with E-state index in [-0.39, 0.29) is 36.9 Å². The fraction of sp³-hybridized carbons (Fsp3) is 0.409. The van der Waals surface area contributed by atoms with E-state index in [1.54, 1.807) is 19.1 Å². The van der Waals surface area contributed by atoms with Crippen molar-refractivity contribution in [1.29, 1.82) is 0 Å². The zero-order chi connectivity index (χ0) is 24.6. The monoisotopic (exact) mass is 518 g/mol. The Morgan fingerprint density at radius 1 is 1.09 bits per heavy atom. The van der Waals surface area contributed by atoms with Gasteiger partial charge in [0.25, 0.3) is 10.0 Å². The molecule has 0 saturated carbocycles. The maximum absolute atomic E-state index is 13.6. The molecule has 0 bridgehead atoms. The van der Waals surface area contributed by atoms with Crippen molar-refractivity contribution in [2.75, 3.05) is 31.1 Å². The summed E-state index contributed by atoms with van der Waals surface area (Å²) in [5, 5.41) is 19.5. The van der Waals surface area contributed by atoms with E-state index in [0.717, 1.165) is 0 Å². The Labute approximate surface area is 204 Å². The number of aliphatic hydroxyl groups excluding tert-OH is 2. The van der Waals surface area contributed by atoms with Gasteiger partial charge in [-0.05, 0) is 56.2 Å². The van der Waals surface area contributed by atoms with Crippen LogP contribution < -0.4 is 4.31 Å². The molecular weight excluding hydrogens is 491 g/mol. The number of hydrogen-bond donors (Lipinski definition) is 2. The van der Waals surface area contributed by atoms with Crippen LogP contribution in [0.25, 0.3) is 0 Å². The number of ether oxygens (including phenoxy) is 1. The minimum atomic E-state index is -4.03. The van der Waals surface area contributed by atoms with Crippen LogP contribution >= 0.6 is 23.2 Å². The minimum absolute atomic E-state index is 0.0414. The van der Waals surface area contributed by atoms with Crippen molar-refractivity contribution in [2.45, 2.75) is 37.3 Å². The van der Waals surface area contributed by atoms with E-state index in [0.29, 0.717) is 28.5 Å². The van der Waals surface area contributed by atoms with Gasteiger partial charge in [0, 0.05) is 35.2 Å². The van der Waals surface area contributed by atoms with Crippen LogP contribution in [-0.4, -0.2) is 62.5 Å². The normalized spacial score (nSPS) is 12.3. The summed E-state index contributed by atoms with van der Waals surface area (Å²) in [6, 6.07) is 9.92. The van der Waals surface area contributed by atoms with Crippen molar-refractivity contribution in [3.8, 4) is 0 Å². The molecule has 0 unspecified atom stereocenters. The second kappa shape index (κ2) is 12.4. The zero-order valence-corrected chi connectivity index (χ0v) is 20.8. The van der Waals surface area contributed by atoms with Gasteiger partial charge in [0.2, 0.25) is 0 Å². The molecule has 1 amide bonds. The van der Waals surface area contributed by atoms with Crippen LogP contribution in [0.15, 0.2) is 47.4 Å². The van der Waals surface area contributed by atoms with E-state index < -0.39 is 22.2 Å². The second-order valence-corrected chi connectivity index (χ2v) is 10.1. The first-order valence-electron chi connectivity index (χ1n) is 10.3. The van der Waals surface area contributed by atoms with Crippen molar-refractivity contribution >= 4 is 45.0 Å². The van der Waals surface area contributed by atoms with Gasteiger partial charge in [-0.2, -0.15) is 0 Å². The molecule has 0 saturated heterocycles. The van der Waals surface area contributed by atoms with Gasteiger partial charge in [-0.1, -0.05) is 29.3 Å². The summed E-state index contributed by atoms with van der Waals surface area (Å²) in [7, 11) is -2.52. The first-order chi connectivity index (χ1) is 15.6. The molecule has 2 aromatic carbocycles. The first-order valence-corrected chi connectivity index (χ1v) is 12.5. The summed E-state index contributed by atoms with van der Waals surface area (Å²) in [5.74, 6) is 0. The average molecular weight is 519 g/mol. The molecule has 0 heterocycles. The number of nitrogens with zero attached hydrogens (tertiary/aromatic N) is 2. The zero-order valence-electron chi connectivity index (χ0n) is 18.4. The molecule has 1 atom stereocenters. The molecule has 2 rings (SSSR count). The number of benzene rings is 2. The summed E-state index contributed by atoms with van der Waals surface area (Å²) < 4.78 is 33.6. The highest BCUT2D eigenvalue weighted by Crippen LogP contribution is 2.33. The van der Waals surface area contributed by atoms with Crippen LogP contribution in [0, 0.1) is 0 Å². The lowest BCUT2D eigenvalue weighted by Gasteiger charge is -2.32. The molecule has 8 nitrogen and oxygen atoms in total. The van der Waals surface area contributed by atoms with Gasteiger partial charge in [0.05, 0.1) is 30.4 Å². The van der Waals surface area contributed by atoms with Crippen LogP contribution in [0.5, 0.6) is 0 Å². The van der Waals surface area contributed by atoms with Crippen molar-refractivity contribution in [1.82, 2.24) is 4.90 Å². The third kappa shape index (κ3) is 7.22. The van der Waals surface area contributed by atoms with E-state index in [4.69, 9.17) is 33.0 Å². The Kier molecular flexibility index (Phi) is 10.2. The van der Waals surface area contributed by atoms with Gasteiger partial charge in [-0.25, -0.2) is 13.2 Å². The number of carbonyl (C=O) groups is 1. The summed E-state index contributed by atoms with van der Waals surface area (Å²) >= 11 is 12.1. The summed E-state index contributed by atoms with van der Waals surface area (Å²) in [5.41, 5.74) is 0.674. The van der Waals surface area contributed by atoms with Gasteiger partial charge < -0.3 is 19.8 Å². The van der Waals surface area contributed by atoms with Crippen molar-refractivity contribution < 1.29 is 28.2 Å². The Morgan fingerprint density at radius 2 is 1.73 bits per heavy atom. The molecule has 0 aromatic heterocycles. The Hall–Kier alpha value is -2.04. The lowest BCUT2D eigenvalue weighted by Crippen LogP contribution is -2.39. The van der Waals surface area contributed by atoms with E-state index in [1.807, 2.05) is 0 Å². The number of rotatable bonds is 11. The van der Waals surface area contributed by atoms with Gasteiger partial charge in [-0.15, -0.1) is 0 Å². The molecule has 11 heteroatoms. The van der Waals surface area contributed by atoms with E-state index in [1.165, 1.54) is 46.6 Å². The number of likely N-dealkylation sites (N-methyl/N-ethyl adjacent to an activating group) is 1. The maximum atomic E-state index is 13.6. The smallest absolute Gasteiger partial charge is 0.409 e. The molecule has 0 spiro atoms. The van der Waals surface area contributed by atoms with Crippen molar-refractivity contribution in [2.24, 2.45) is 0 Å². The predicted octanol–water partition coefficient (Wildman–Crippen LogP) is 3.91. The van der Waals surface area contributed by atoms with E-state index in [9.17, 15) is 18.3 Å². The molecule has 2 N–H and O–H groups in total. The number of aliphatic hydroxyl groups is 2. The number of anilines is 1. The molecule has 0 aliphatic heterocycles. The third-order valence-electron chi connectivity index (χ3n) is 4.96. The largest absolute Gasteiger partial charge is 0.449 e. The van der Waals surface area contributed by atoms with Gasteiger partial charge in [-0.3, -0.25) is 4.31 Å². The molecule has 2 aromatic rings. The van der Waals surface area contributed by atoms with Crippen LogP contribution in [-0.2, 0) is 21.4 Å². The Morgan fingerprint density at radius 3 is 2.33 bits per heavy atom. The van der Waals surface area contributed by atoms with Gasteiger partial charge in [0.1, 0.15) is 0 Å². The number of hydrogen-bond acceptors (Lipinski definition) is 6. The second-order valence-electron chi connectivity index (χ2n) is 7.44. The highest BCUT2D eigenvalue weighted by Gasteiger charge is 2.31. The molecule has 0 aliphatic carbocycles.